The first-order chi connectivity index (χ1) is 8.72. The van der Waals surface area contributed by atoms with Crippen LogP contribution in [0.2, 0.25) is 0 Å². The zero-order valence-electron chi connectivity index (χ0n) is 10.1. The molecule has 2 bridgehead atoms. The molecule has 18 heavy (non-hydrogen) atoms. The van der Waals surface area contributed by atoms with Crippen molar-refractivity contribution < 1.29 is 9.90 Å². The first-order valence-electron chi connectivity index (χ1n) is 6.38. The fourth-order valence-corrected chi connectivity index (χ4v) is 2.96. The molecule has 1 aromatic carbocycles. The highest BCUT2D eigenvalue weighted by Crippen LogP contribution is 2.42. The van der Waals surface area contributed by atoms with Crippen LogP contribution >= 0.6 is 0 Å². The summed E-state index contributed by atoms with van der Waals surface area (Å²) in [5.74, 6) is 1.32. The average molecular weight is 244 g/mol. The van der Waals surface area contributed by atoms with Crippen LogP contribution < -0.4 is 5.43 Å². The number of carbonyl (C=O) groups excluding carboxylic acids is 1. The van der Waals surface area contributed by atoms with Crippen molar-refractivity contribution in [2.45, 2.75) is 25.7 Å². The number of aromatic hydroxyl groups is 1. The van der Waals surface area contributed by atoms with E-state index in [1.807, 2.05) is 0 Å². The summed E-state index contributed by atoms with van der Waals surface area (Å²) in [7, 11) is 0. The highest BCUT2D eigenvalue weighted by molar-refractivity contribution is 5.96. The molecule has 2 atom stereocenters. The van der Waals surface area contributed by atoms with E-state index in [-0.39, 0.29) is 11.7 Å². The van der Waals surface area contributed by atoms with Gasteiger partial charge in [-0.25, -0.2) is 5.43 Å². The molecule has 2 aliphatic carbocycles. The van der Waals surface area contributed by atoms with E-state index in [9.17, 15) is 4.79 Å². The molecule has 1 amide bonds. The Morgan fingerprint density at radius 3 is 2.67 bits per heavy atom. The minimum atomic E-state index is -0.217. The lowest BCUT2D eigenvalue weighted by Crippen LogP contribution is -2.21. The second-order valence-corrected chi connectivity index (χ2v) is 5.17. The second kappa shape index (κ2) is 4.44. The molecule has 4 nitrogen and oxygen atoms in total. The molecule has 0 spiro atoms. The molecule has 0 saturated heterocycles. The summed E-state index contributed by atoms with van der Waals surface area (Å²) in [6, 6.07) is 6.18. The van der Waals surface area contributed by atoms with Crippen molar-refractivity contribution in [3.05, 3.63) is 29.8 Å². The summed E-state index contributed by atoms with van der Waals surface area (Å²) in [6.07, 6.45) is 4.82. The summed E-state index contributed by atoms with van der Waals surface area (Å²) < 4.78 is 0. The molecule has 0 aliphatic heterocycles. The lowest BCUT2D eigenvalue weighted by molar-refractivity contribution is 0.0954. The van der Waals surface area contributed by atoms with Crippen molar-refractivity contribution in [2.24, 2.45) is 16.9 Å². The van der Waals surface area contributed by atoms with Crippen LogP contribution in [-0.4, -0.2) is 16.7 Å². The van der Waals surface area contributed by atoms with Crippen LogP contribution in [0.4, 0.5) is 0 Å². The number of nitrogens with zero attached hydrogens (tertiary/aromatic N) is 1. The number of hydrogen-bond acceptors (Lipinski definition) is 3. The minimum absolute atomic E-state index is 0.158. The van der Waals surface area contributed by atoms with Gasteiger partial charge in [0, 0.05) is 11.3 Å². The van der Waals surface area contributed by atoms with Crippen molar-refractivity contribution in [1.29, 1.82) is 0 Å². The Labute approximate surface area is 106 Å². The fraction of sp³-hybridized carbons (Fsp3) is 0.429. The van der Waals surface area contributed by atoms with E-state index in [1.54, 1.807) is 12.1 Å². The maximum Gasteiger partial charge on any atom is 0.271 e. The average Bonchev–Trinajstić information content (AvgIpc) is 2.99. The molecule has 94 valence electrons. The Balaban J connectivity index is 1.65. The lowest BCUT2D eigenvalue weighted by Gasteiger charge is -2.11. The highest BCUT2D eigenvalue weighted by atomic mass is 16.3. The lowest BCUT2D eigenvalue weighted by atomic mass is 9.99. The van der Waals surface area contributed by atoms with Gasteiger partial charge < -0.3 is 5.11 Å². The van der Waals surface area contributed by atoms with Gasteiger partial charge in [-0.1, -0.05) is 0 Å². The molecule has 3 rings (SSSR count). The van der Waals surface area contributed by atoms with Gasteiger partial charge >= 0.3 is 0 Å². The minimum Gasteiger partial charge on any atom is -0.508 e. The van der Waals surface area contributed by atoms with Gasteiger partial charge in [-0.05, 0) is 61.8 Å². The topological polar surface area (TPSA) is 61.7 Å². The van der Waals surface area contributed by atoms with Gasteiger partial charge in [0.15, 0.2) is 0 Å². The third kappa shape index (κ3) is 2.10. The van der Waals surface area contributed by atoms with E-state index in [0.717, 1.165) is 18.1 Å². The Morgan fingerprint density at radius 2 is 2.06 bits per heavy atom. The standard InChI is InChI=1S/C14H16N2O2/c17-12-5-3-10(4-6-12)14(18)16-15-13-8-9-1-2-11(13)7-9/h3-6,9,11,17H,1-2,7-8H2,(H,16,18)/b15-13+. The molecular weight excluding hydrogens is 228 g/mol. The number of hydrogen-bond donors (Lipinski definition) is 2. The van der Waals surface area contributed by atoms with Crippen LogP contribution in [0.15, 0.2) is 29.4 Å². The number of phenols is 1. The molecule has 0 radical (unpaired) electrons. The third-order valence-electron chi connectivity index (χ3n) is 3.94. The van der Waals surface area contributed by atoms with E-state index < -0.39 is 0 Å². The number of carbonyl (C=O) groups is 1. The number of nitrogens with one attached hydrogen (secondary N) is 1. The van der Waals surface area contributed by atoms with Crippen LogP contribution in [0.5, 0.6) is 5.75 Å². The summed E-state index contributed by atoms with van der Waals surface area (Å²) in [5.41, 5.74) is 4.28. The Bertz CT molecular complexity index is 493. The summed E-state index contributed by atoms with van der Waals surface area (Å²) in [4.78, 5) is 11.8. The quantitative estimate of drug-likeness (QED) is 0.784. The Morgan fingerprint density at radius 1 is 1.28 bits per heavy atom. The number of benzene rings is 1. The first-order valence-corrected chi connectivity index (χ1v) is 6.38. The van der Waals surface area contributed by atoms with Gasteiger partial charge in [0.2, 0.25) is 0 Å². The Kier molecular flexibility index (Phi) is 2.78. The number of rotatable bonds is 2. The monoisotopic (exact) mass is 244 g/mol. The number of amides is 1. The predicted molar refractivity (Wildman–Crippen MR) is 68.5 cm³/mol. The van der Waals surface area contributed by atoms with Crippen LogP contribution in [0.25, 0.3) is 0 Å². The second-order valence-electron chi connectivity index (χ2n) is 5.17. The van der Waals surface area contributed by atoms with Gasteiger partial charge in [-0.3, -0.25) is 4.79 Å². The van der Waals surface area contributed by atoms with Crippen molar-refractivity contribution >= 4 is 11.6 Å². The van der Waals surface area contributed by atoms with E-state index in [0.29, 0.717) is 11.5 Å². The molecule has 4 heteroatoms. The number of phenolic OH excluding ortho intramolecular Hbond substituents is 1. The van der Waals surface area contributed by atoms with Crippen LogP contribution in [0.1, 0.15) is 36.0 Å². The molecule has 0 heterocycles. The van der Waals surface area contributed by atoms with E-state index in [4.69, 9.17) is 5.11 Å². The zero-order valence-corrected chi connectivity index (χ0v) is 10.1. The largest absolute Gasteiger partial charge is 0.508 e. The maximum atomic E-state index is 11.8. The fourth-order valence-electron chi connectivity index (χ4n) is 2.96. The van der Waals surface area contributed by atoms with E-state index in [1.165, 1.54) is 31.4 Å². The molecule has 2 unspecified atom stereocenters. The molecule has 1 aromatic rings. The predicted octanol–water partition coefficient (Wildman–Crippen LogP) is 2.30. The SMILES string of the molecule is O=C(N/N=C1\CC2CCC1C2)c1ccc(O)cc1. The van der Waals surface area contributed by atoms with Crippen LogP contribution in [-0.2, 0) is 0 Å². The number of fused-ring (bicyclic) bond motifs is 2. The zero-order chi connectivity index (χ0) is 12.5. The Hall–Kier alpha value is -1.84. The molecule has 2 fully saturated rings. The van der Waals surface area contributed by atoms with Gasteiger partial charge in [0.25, 0.3) is 5.91 Å². The van der Waals surface area contributed by atoms with Gasteiger partial charge in [0.05, 0.1) is 0 Å². The van der Waals surface area contributed by atoms with Crippen molar-refractivity contribution in [1.82, 2.24) is 5.43 Å². The van der Waals surface area contributed by atoms with Crippen LogP contribution in [0, 0.1) is 11.8 Å². The van der Waals surface area contributed by atoms with Crippen molar-refractivity contribution in [3.8, 4) is 5.75 Å². The summed E-state index contributed by atoms with van der Waals surface area (Å²) >= 11 is 0. The summed E-state index contributed by atoms with van der Waals surface area (Å²) in [5, 5.41) is 13.4. The smallest absolute Gasteiger partial charge is 0.271 e. The normalized spacial score (nSPS) is 27.7. The van der Waals surface area contributed by atoms with Crippen LogP contribution in [0.3, 0.4) is 0 Å². The van der Waals surface area contributed by atoms with Crippen molar-refractivity contribution in [2.75, 3.05) is 0 Å². The van der Waals surface area contributed by atoms with E-state index >= 15 is 0 Å². The van der Waals surface area contributed by atoms with E-state index in [2.05, 4.69) is 10.5 Å². The van der Waals surface area contributed by atoms with Gasteiger partial charge in [-0.15, -0.1) is 0 Å². The highest BCUT2D eigenvalue weighted by Gasteiger charge is 2.36. The molecular formula is C14H16N2O2. The first kappa shape index (κ1) is 11.3. The molecule has 2 N–H and O–H groups in total. The third-order valence-corrected chi connectivity index (χ3v) is 3.94. The summed E-state index contributed by atoms with van der Waals surface area (Å²) in [6.45, 7) is 0. The van der Waals surface area contributed by atoms with Crippen molar-refractivity contribution in [3.63, 3.8) is 0 Å². The van der Waals surface area contributed by atoms with Gasteiger partial charge in [0.1, 0.15) is 5.75 Å². The maximum absolute atomic E-state index is 11.8. The molecule has 2 saturated carbocycles. The molecule has 0 aromatic heterocycles. The number of hydrazone groups is 1. The van der Waals surface area contributed by atoms with Gasteiger partial charge in [-0.2, -0.15) is 5.10 Å². The molecule has 2 aliphatic rings.